The number of carbonyl (C=O) groups excluding carboxylic acids is 2. The maximum Gasteiger partial charge on any atom is 0.341 e. The first kappa shape index (κ1) is 26.3. The molecule has 6 heteroatoms. The van der Waals surface area contributed by atoms with E-state index in [1.54, 1.807) is 0 Å². The molecule has 0 saturated carbocycles. The van der Waals surface area contributed by atoms with Gasteiger partial charge in [-0.1, -0.05) is 86.6 Å². The normalized spacial score (nSPS) is 11.1. The van der Waals surface area contributed by atoms with Crippen LogP contribution in [0.2, 0.25) is 0 Å². The van der Waals surface area contributed by atoms with Crippen molar-refractivity contribution in [1.29, 1.82) is 0 Å². The molecular weight excluding hydrogens is 504 g/mol. The molecule has 0 bridgehead atoms. The first-order valence-electron chi connectivity index (χ1n) is 12.9. The molecular formula is C33H30N2O3S. The van der Waals surface area contributed by atoms with Crippen molar-refractivity contribution in [2.45, 2.75) is 27.2 Å². The average Bonchev–Trinajstić information content (AvgIpc) is 3.27. The summed E-state index contributed by atoms with van der Waals surface area (Å²) in [7, 11) is 1.35. The molecule has 2 aromatic heterocycles. The monoisotopic (exact) mass is 534 g/mol. The number of amides is 1. The molecule has 5 rings (SSSR count). The Hall–Kier alpha value is -4.29. The highest BCUT2D eigenvalue weighted by Gasteiger charge is 2.26. The highest BCUT2D eigenvalue weighted by Crippen LogP contribution is 2.40. The Morgan fingerprint density at radius 1 is 0.923 bits per heavy atom. The van der Waals surface area contributed by atoms with E-state index in [2.05, 4.69) is 43.4 Å². The number of rotatable bonds is 7. The van der Waals surface area contributed by atoms with Gasteiger partial charge in [-0.25, -0.2) is 9.78 Å². The van der Waals surface area contributed by atoms with E-state index >= 15 is 0 Å². The van der Waals surface area contributed by atoms with Gasteiger partial charge < -0.3 is 10.1 Å². The summed E-state index contributed by atoms with van der Waals surface area (Å²) in [6.45, 7) is 6.35. The molecule has 0 aliphatic rings. The zero-order valence-electron chi connectivity index (χ0n) is 22.4. The first-order chi connectivity index (χ1) is 18.9. The van der Waals surface area contributed by atoms with Gasteiger partial charge in [0.25, 0.3) is 5.91 Å². The van der Waals surface area contributed by atoms with Crippen molar-refractivity contribution < 1.29 is 14.3 Å². The van der Waals surface area contributed by atoms with Crippen LogP contribution in [0.5, 0.6) is 0 Å². The molecule has 0 unspecified atom stereocenters. The Morgan fingerprint density at radius 2 is 1.62 bits per heavy atom. The van der Waals surface area contributed by atoms with Gasteiger partial charge in [0.05, 0.1) is 23.9 Å². The summed E-state index contributed by atoms with van der Waals surface area (Å²) >= 11 is 1.37. The lowest BCUT2D eigenvalue weighted by molar-refractivity contribution is 0.0603. The van der Waals surface area contributed by atoms with E-state index in [1.165, 1.54) is 24.0 Å². The minimum absolute atomic E-state index is 0.308. The fraction of sp³-hybridized carbons (Fsp3) is 0.182. The molecule has 5 nitrogen and oxygen atoms in total. The van der Waals surface area contributed by atoms with Crippen molar-refractivity contribution in [1.82, 2.24) is 4.98 Å². The molecule has 0 radical (unpaired) electrons. The van der Waals surface area contributed by atoms with Crippen LogP contribution in [0.3, 0.4) is 0 Å². The third kappa shape index (κ3) is 5.47. The second kappa shape index (κ2) is 11.2. The predicted octanol–water partition coefficient (Wildman–Crippen LogP) is 8.18. The molecule has 5 aromatic rings. The summed E-state index contributed by atoms with van der Waals surface area (Å²) in [6.07, 6.45) is 1.01. The molecule has 0 saturated heterocycles. The minimum atomic E-state index is -0.490. The third-order valence-corrected chi connectivity index (χ3v) is 7.64. The number of nitrogens with zero attached hydrogens (tertiary/aromatic N) is 1. The van der Waals surface area contributed by atoms with Crippen LogP contribution in [0.1, 0.15) is 45.0 Å². The van der Waals surface area contributed by atoms with E-state index < -0.39 is 5.97 Å². The molecule has 3 aromatic carbocycles. The minimum Gasteiger partial charge on any atom is -0.465 e. The summed E-state index contributed by atoms with van der Waals surface area (Å²) in [6, 6.07) is 27.4. The van der Waals surface area contributed by atoms with Gasteiger partial charge in [0.15, 0.2) is 0 Å². The Kier molecular flexibility index (Phi) is 7.57. The quantitative estimate of drug-likeness (QED) is 0.214. The molecule has 0 fully saturated rings. The molecule has 196 valence electrons. The van der Waals surface area contributed by atoms with Crippen LogP contribution < -0.4 is 5.32 Å². The number of hydrogen-bond donors (Lipinski definition) is 1. The second-order valence-corrected chi connectivity index (χ2v) is 11.1. The van der Waals surface area contributed by atoms with Gasteiger partial charge in [-0.2, -0.15) is 0 Å². The van der Waals surface area contributed by atoms with Gasteiger partial charge in [0.2, 0.25) is 0 Å². The van der Waals surface area contributed by atoms with Gasteiger partial charge in [0.1, 0.15) is 10.6 Å². The molecule has 0 aliphatic carbocycles. The first-order valence-corrected chi connectivity index (χ1v) is 13.7. The maximum atomic E-state index is 13.8. The van der Waals surface area contributed by atoms with E-state index in [9.17, 15) is 9.59 Å². The van der Waals surface area contributed by atoms with Gasteiger partial charge in [-0.3, -0.25) is 4.79 Å². The smallest absolute Gasteiger partial charge is 0.341 e. The summed E-state index contributed by atoms with van der Waals surface area (Å²) in [5.74, 6) is -0.226. The van der Waals surface area contributed by atoms with Crippen molar-refractivity contribution in [2.24, 2.45) is 5.92 Å². The van der Waals surface area contributed by atoms with Crippen LogP contribution in [-0.4, -0.2) is 24.0 Å². The number of para-hydroxylation sites is 1. The number of ether oxygens (including phenoxy) is 1. The molecule has 2 heterocycles. The SMILES string of the molecule is COC(=O)c1c(NC(=O)c2cc(-c3ccc(CC(C)C)cc3)nc3ccccc23)sc(C)c1-c1ccccc1. The Labute approximate surface area is 232 Å². The lowest BCUT2D eigenvalue weighted by Gasteiger charge is -2.12. The Bertz CT molecular complexity index is 1650. The zero-order valence-corrected chi connectivity index (χ0v) is 23.3. The highest BCUT2D eigenvalue weighted by molar-refractivity contribution is 7.17. The van der Waals surface area contributed by atoms with E-state index in [0.717, 1.165) is 44.6 Å². The van der Waals surface area contributed by atoms with Crippen LogP contribution in [0, 0.1) is 12.8 Å². The van der Waals surface area contributed by atoms with Gasteiger partial charge in [-0.05, 0) is 42.5 Å². The standard InChI is InChI=1S/C33H30N2O3S/c1-20(2)18-22-14-16-23(17-15-22)28-19-26(25-12-8-9-13-27(25)34-28)31(36)35-32-30(33(37)38-4)29(21(3)39-32)24-10-6-5-7-11-24/h5-17,19-20H,18H2,1-4H3,(H,35,36). The summed E-state index contributed by atoms with van der Waals surface area (Å²) in [4.78, 5) is 32.5. The maximum absolute atomic E-state index is 13.8. The molecule has 1 amide bonds. The third-order valence-electron chi connectivity index (χ3n) is 6.62. The van der Waals surface area contributed by atoms with E-state index in [4.69, 9.17) is 9.72 Å². The van der Waals surface area contributed by atoms with Gasteiger partial charge in [0, 0.05) is 21.4 Å². The topological polar surface area (TPSA) is 68.3 Å². The van der Waals surface area contributed by atoms with Crippen molar-refractivity contribution in [2.75, 3.05) is 12.4 Å². The van der Waals surface area contributed by atoms with Crippen molar-refractivity contribution in [3.05, 3.63) is 106 Å². The van der Waals surface area contributed by atoms with E-state index in [0.29, 0.717) is 22.0 Å². The predicted molar refractivity (Wildman–Crippen MR) is 160 cm³/mol. The van der Waals surface area contributed by atoms with Crippen LogP contribution in [0.15, 0.2) is 84.9 Å². The number of thiophene rings is 1. The number of nitrogens with one attached hydrogen (secondary N) is 1. The van der Waals surface area contributed by atoms with Crippen LogP contribution in [-0.2, 0) is 11.2 Å². The fourth-order valence-electron chi connectivity index (χ4n) is 4.85. The van der Waals surface area contributed by atoms with Gasteiger partial charge >= 0.3 is 5.97 Å². The number of esters is 1. The number of methoxy groups -OCH3 is 1. The zero-order chi connectivity index (χ0) is 27.5. The number of aromatic nitrogens is 1. The lowest BCUT2D eigenvalue weighted by Crippen LogP contribution is -2.15. The number of fused-ring (bicyclic) bond motifs is 1. The molecule has 1 N–H and O–H groups in total. The second-order valence-electron chi connectivity index (χ2n) is 9.92. The number of benzene rings is 3. The number of anilines is 1. The molecule has 0 aliphatic heterocycles. The van der Waals surface area contributed by atoms with Crippen LogP contribution >= 0.6 is 11.3 Å². The Balaban J connectivity index is 1.56. The average molecular weight is 535 g/mol. The van der Waals surface area contributed by atoms with E-state index in [-0.39, 0.29) is 5.91 Å². The summed E-state index contributed by atoms with van der Waals surface area (Å²) in [5.41, 5.74) is 6.17. The van der Waals surface area contributed by atoms with Crippen molar-refractivity contribution >= 4 is 39.1 Å². The lowest BCUT2D eigenvalue weighted by atomic mass is 9.99. The van der Waals surface area contributed by atoms with E-state index in [1.807, 2.05) is 67.6 Å². The number of pyridine rings is 1. The summed E-state index contributed by atoms with van der Waals surface area (Å²) < 4.78 is 5.13. The Morgan fingerprint density at radius 3 is 2.31 bits per heavy atom. The van der Waals surface area contributed by atoms with Crippen LogP contribution in [0.4, 0.5) is 5.00 Å². The number of carbonyl (C=O) groups is 2. The number of aryl methyl sites for hydroxylation is 1. The highest BCUT2D eigenvalue weighted by atomic mass is 32.1. The summed E-state index contributed by atoms with van der Waals surface area (Å²) in [5, 5.41) is 4.23. The fourth-order valence-corrected chi connectivity index (χ4v) is 5.91. The molecule has 39 heavy (non-hydrogen) atoms. The largest absolute Gasteiger partial charge is 0.465 e. The molecule has 0 spiro atoms. The van der Waals surface area contributed by atoms with Crippen molar-refractivity contribution in [3.63, 3.8) is 0 Å². The van der Waals surface area contributed by atoms with Crippen LogP contribution in [0.25, 0.3) is 33.3 Å². The van der Waals surface area contributed by atoms with Gasteiger partial charge in [-0.15, -0.1) is 11.3 Å². The van der Waals surface area contributed by atoms with Crippen molar-refractivity contribution in [3.8, 4) is 22.4 Å². The molecule has 0 atom stereocenters. The number of hydrogen-bond acceptors (Lipinski definition) is 5.